The molecule has 140 valence electrons. The highest BCUT2D eigenvalue weighted by atomic mass is 127. The van der Waals surface area contributed by atoms with Crippen LogP contribution in [0.3, 0.4) is 0 Å². The maximum Gasteiger partial charge on any atom is 0.191 e. The van der Waals surface area contributed by atoms with Crippen LogP contribution in [0.5, 0.6) is 0 Å². The van der Waals surface area contributed by atoms with E-state index >= 15 is 0 Å². The van der Waals surface area contributed by atoms with E-state index in [0.717, 1.165) is 42.6 Å². The van der Waals surface area contributed by atoms with Crippen molar-refractivity contribution in [2.24, 2.45) is 4.99 Å². The predicted molar refractivity (Wildman–Crippen MR) is 122 cm³/mol. The first-order valence-corrected chi connectivity index (χ1v) is 9.41. The summed E-state index contributed by atoms with van der Waals surface area (Å²) in [5.74, 6) is 0.837. The van der Waals surface area contributed by atoms with Crippen LogP contribution in [0.25, 0.3) is 10.9 Å². The second-order valence-electron chi connectivity index (χ2n) is 6.06. The van der Waals surface area contributed by atoms with Crippen LogP contribution in [0, 0.1) is 13.8 Å². The Kier molecular flexibility index (Phi) is 7.89. The van der Waals surface area contributed by atoms with Gasteiger partial charge in [-0.3, -0.25) is 4.99 Å². The fourth-order valence-electron chi connectivity index (χ4n) is 2.95. The molecule has 1 aromatic carbocycles. The lowest BCUT2D eigenvalue weighted by Crippen LogP contribution is -2.37. The Morgan fingerprint density at radius 3 is 2.77 bits per heavy atom. The van der Waals surface area contributed by atoms with Crippen molar-refractivity contribution in [1.29, 1.82) is 0 Å². The number of hydrogen-bond donors (Lipinski definition) is 3. The zero-order valence-electron chi connectivity index (χ0n) is 15.4. The number of para-hydroxylation sites is 1. The number of guanidine groups is 1. The van der Waals surface area contributed by atoms with Gasteiger partial charge in [-0.15, -0.1) is 35.3 Å². The lowest BCUT2D eigenvalue weighted by atomic mass is 10.1. The van der Waals surface area contributed by atoms with Crippen LogP contribution in [0.4, 0.5) is 0 Å². The van der Waals surface area contributed by atoms with Gasteiger partial charge in [0.2, 0.25) is 0 Å². The predicted octanol–water partition coefficient (Wildman–Crippen LogP) is 4.16. The van der Waals surface area contributed by atoms with Crippen LogP contribution in [0.2, 0.25) is 0 Å². The second kappa shape index (κ2) is 9.91. The van der Waals surface area contributed by atoms with E-state index in [1.54, 1.807) is 18.4 Å². The SMILES string of the molecule is CN=C(NCCCc1c[nH]c2ccccc12)NCc1sc(C)nc1C.I. The Labute approximate surface area is 175 Å². The maximum absolute atomic E-state index is 4.46. The highest BCUT2D eigenvalue weighted by Gasteiger charge is 2.06. The summed E-state index contributed by atoms with van der Waals surface area (Å²) in [5.41, 5.74) is 3.68. The van der Waals surface area contributed by atoms with Gasteiger partial charge in [-0.05, 0) is 38.3 Å². The summed E-state index contributed by atoms with van der Waals surface area (Å²) in [6.07, 6.45) is 4.22. The number of fused-ring (bicyclic) bond motifs is 1. The highest BCUT2D eigenvalue weighted by molar-refractivity contribution is 14.0. The van der Waals surface area contributed by atoms with Crippen molar-refractivity contribution in [2.75, 3.05) is 13.6 Å². The number of nitrogens with one attached hydrogen (secondary N) is 3. The molecule has 0 saturated carbocycles. The molecule has 0 spiro atoms. The molecule has 26 heavy (non-hydrogen) atoms. The van der Waals surface area contributed by atoms with E-state index < -0.39 is 0 Å². The van der Waals surface area contributed by atoms with Gasteiger partial charge in [0.25, 0.3) is 0 Å². The van der Waals surface area contributed by atoms with Crippen LogP contribution < -0.4 is 10.6 Å². The summed E-state index contributed by atoms with van der Waals surface area (Å²) in [6.45, 7) is 5.75. The Balaban J connectivity index is 0.00000243. The van der Waals surface area contributed by atoms with Crippen molar-refractivity contribution >= 4 is 52.2 Å². The molecule has 0 aliphatic carbocycles. The quantitative estimate of drug-likeness (QED) is 0.214. The fraction of sp³-hybridized carbons (Fsp3) is 0.368. The average Bonchev–Trinajstić information content (AvgIpc) is 3.17. The van der Waals surface area contributed by atoms with Crippen LogP contribution in [0.1, 0.15) is 27.6 Å². The largest absolute Gasteiger partial charge is 0.361 e. The molecule has 5 nitrogen and oxygen atoms in total. The molecule has 0 unspecified atom stereocenters. The van der Waals surface area contributed by atoms with E-state index in [-0.39, 0.29) is 24.0 Å². The summed E-state index contributed by atoms with van der Waals surface area (Å²) >= 11 is 1.73. The molecule has 0 fully saturated rings. The second-order valence-corrected chi connectivity index (χ2v) is 7.34. The van der Waals surface area contributed by atoms with Crippen LogP contribution in [0.15, 0.2) is 35.5 Å². The normalized spacial score (nSPS) is 11.4. The first-order chi connectivity index (χ1) is 12.2. The third-order valence-corrected chi connectivity index (χ3v) is 5.30. The number of aliphatic imine (C=N–C) groups is 1. The summed E-state index contributed by atoms with van der Waals surface area (Å²) in [7, 11) is 1.81. The minimum Gasteiger partial charge on any atom is -0.361 e. The standard InChI is InChI=1S/C19H25N5S.HI/c1-13-18(25-14(2)24-13)12-23-19(20-3)21-10-6-7-15-11-22-17-9-5-4-8-16(15)17;/h4-5,8-9,11,22H,6-7,10,12H2,1-3H3,(H2,20,21,23);1H. The highest BCUT2D eigenvalue weighted by Crippen LogP contribution is 2.19. The van der Waals surface area contributed by atoms with Gasteiger partial charge in [0.05, 0.1) is 17.2 Å². The zero-order valence-corrected chi connectivity index (χ0v) is 18.6. The molecule has 0 saturated heterocycles. The summed E-state index contributed by atoms with van der Waals surface area (Å²) in [5, 5.41) is 9.18. The van der Waals surface area contributed by atoms with Crippen molar-refractivity contribution in [3.05, 3.63) is 51.6 Å². The van der Waals surface area contributed by atoms with Gasteiger partial charge in [0.15, 0.2) is 5.96 Å². The number of aryl methyl sites for hydroxylation is 3. The molecule has 3 N–H and O–H groups in total. The van der Waals surface area contributed by atoms with Gasteiger partial charge < -0.3 is 15.6 Å². The number of thiazole rings is 1. The van der Waals surface area contributed by atoms with E-state index in [1.165, 1.54) is 21.3 Å². The molecule has 0 radical (unpaired) electrons. The van der Waals surface area contributed by atoms with Crippen molar-refractivity contribution in [3.8, 4) is 0 Å². The maximum atomic E-state index is 4.46. The smallest absolute Gasteiger partial charge is 0.191 e. The summed E-state index contributed by atoms with van der Waals surface area (Å²) in [6, 6.07) is 8.44. The number of halogens is 1. The van der Waals surface area contributed by atoms with Gasteiger partial charge in [-0.25, -0.2) is 4.98 Å². The molecule has 0 amide bonds. The molecule has 2 aromatic heterocycles. The van der Waals surface area contributed by atoms with Crippen molar-refractivity contribution in [2.45, 2.75) is 33.2 Å². The Morgan fingerprint density at radius 1 is 1.23 bits per heavy atom. The van der Waals surface area contributed by atoms with E-state index in [9.17, 15) is 0 Å². The van der Waals surface area contributed by atoms with Gasteiger partial charge in [0.1, 0.15) is 0 Å². The minimum absolute atomic E-state index is 0. The fourth-order valence-corrected chi connectivity index (χ4v) is 3.82. The molecular weight excluding hydrogens is 457 g/mol. The van der Waals surface area contributed by atoms with E-state index in [2.05, 4.69) is 63.0 Å². The van der Waals surface area contributed by atoms with Crippen LogP contribution in [-0.2, 0) is 13.0 Å². The van der Waals surface area contributed by atoms with E-state index in [1.807, 2.05) is 6.92 Å². The molecule has 3 rings (SSSR count). The minimum atomic E-state index is 0. The van der Waals surface area contributed by atoms with Gasteiger partial charge in [0, 0.05) is 35.6 Å². The monoisotopic (exact) mass is 483 g/mol. The number of aromatic amines is 1. The number of nitrogens with zero attached hydrogens (tertiary/aromatic N) is 2. The zero-order chi connectivity index (χ0) is 17.6. The third kappa shape index (κ3) is 5.20. The first kappa shape index (κ1) is 20.7. The molecule has 0 atom stereocenters. The van der Waals surface area contributed by atoms with Crippen molar-refractivity contribution in [1.82, 2.24) is 20.6 Å². The number of aromatic nitrogens is 2. The molecule has 2 heterocycles. The van der Waals surface area contributed by atoms with Gasteiger partial charge >= 0.3 is 0 Å². The molecule has 0 aliphatic heterocycles. The van der Waals surface area contributed by atoms with Gasteiger partial charge in [-0.1, -0.05) is 18.2 Å². The third-order valence-electron chi connectivity index (χ3n) is 4.23. The molecule has 0 bridgehead atoms. The molecular formula is C19H26IN5S. The summed E-state index contributed by atoms with van der Waals surface area (Å²) in [4.78, 5) is 13.4. The van der Waals surface area contributed by atoms with Crippen molar-refractivity contribution in [3.63, 3.8) is 0 Å². The number of hydrogen-bond acceptors (Lipinski definition) is 3. The van der Waals surface area contributed by atoms with Gasteiger partial charge in [-0.2, -0.15) is 0 Å². The lowest BCUT2D eigenvalue weighted by molar-refractivity contribution is 0.745. The lowest BCUT2D eigenvalue weighted by Gasteiger charge is -2.11. The topological polar surface area (TPSA) is 65.1 Å². The first-order valence-electron chi connectivity index (χ1n) is 8.60. The Bertz CT molecular complexity index is 868. The number of rotatable bonds is 6. The number of H-pyrrole nitrogens is 1. The Morgan fingerprint density at radius 2 is 2.04 bits per heavy atom. The Hall–Kier alpha value is -1.61. The average molecular weight is 483 g/mol. The van der Waals surface area contributed by atoms with Crippen LogP contribution >= 0.6 is 35.3 Å². The molecule has 3 aromatic rings. The van der Waals surface area contributed by atoms with E-state index in [0.29, 0.717) is 0 Å². The van der Waals surface area contributed by atoms with Crippen molar-refractivity contribution < 1.29 is 0 Å². The van der Waals surface area contributed by atoms with Crippen LogP contribution in [-0.4, -0.2) is 29.5 Å². The number of benzene rings is 1. The summed E-state index contributed by atoms with van der Waals surface area (Å²) < 4.78 is 0. The van der Waals surface area contributed by atoms with E-state index in [4.69, 9.17) is 0 Å². The molecule has 0 aliphatic rings. The molecule has 7 heteroatoms.